The number of hydrogen-bond acceptors (Lipinski definition) is 4. The van der Waals surface area contributed by atoms with E-state index in [0.717, 1.165) is 41.7 Å². The predicted molar refractivity (Wildman–Crippen MR) is 79.8 cm³/mol. The maximum absolute atomic E-state index is 6.31. The standard InChI is InChI=1S/C16H15ClN2O2/c17-14-5-16-15(20-10-21-16)4-12(14)7-19-8-13(9-19)11-2-1-3-18-6-11/h1-6,13H,7-10H2. The molecule has 0 atom stereocenters. The third-order valence-corrected chi connectivity index (χ3v) is 4.40. The molecule has 2 aliphatic rings. The number of rotatable bonds is 3. The highest BCUT2D eigenvalue weighted by Gasteiger charge is 2.29. The van der Waals surface area contributed by atoms with E-state index < -0.39 is 0 Å². The molecule has 1 aromatic heterocycles. The van der Waals surface area contributed by atoms with Crippen LogP contribution in [0.25, 0.3) is 0 Å². The van der Waals surface area contributed by atoms with Crippen molar-refractivity contribution in [2.45, 2.75) is 12.5 Å². The third kappa shape index (κ3) is 2.45. The van der Waals surface area contributed by atoms with Gasteiger partial charge in [-0.25, -0.2) is 0 Å². The largest absolute Gasteiger partial charge is 0.454 e. The topological polar surface area (TPSA) is 34.6 Å². The highest BCUT2D eigenvalue weighted by atomic mass is 35.5. The van der Waals surface area contributed by atoms with E-state index in [1.807, 2.05) is 30.6 Å². The van der Waals surface area contributed by atoms with Crippen LogP contribution >= 0.6 is 11.6 Å². The number of aromatic nitrogens is 1. The lowest BCUT2D eigenvalue weighted by Crippen LogP contribution is -2.44. The number of pyridine rings is 1. The van der Waals surface area contributed by atoms with Crippen LogP contribution in [0.4, 0.5) is 0 Å². The second-order valence-electron chi connectivity index (χ2n) is 5.47. The van der Waals surface area contributed by atoms with Crippen LogP contribution in [0.1, 0.15) is 17.0 Å². The van der Waals surface area contributed by atoms with Gasteiger partial charge in [0.2, 0.25) is 6.79 Å². The molecule has 2 aromatic rings. The Morgan fingerprint density at radius 1 is 1.24 bits per heavy atom. The summed E-state index contributed by atoms with van der Waals surface area (Å²) in [6.45, 7) is 3.20. The zero-order chi connectivity index (χ0) is 14.2. The fourth-order valence-corrected chi connectivity index (χ4v) is 3.06. The molecule has 0 amide bonds. The van der Waals surface area contributed by atoms with Gasteiger partial charge in [-0.2, -0.15) is 0 Å². The molecule has 4 rings (SSSR count). The molecule has 1 fully saturated rings. The van der Waals surface area contributed by atoms with E-state index >= 15 is 0 Å². The van der Waals surface area contributed by atoms with Crippen molar-refractivity contribution >= 4 is 11.6 Å². The zero-order valence-electron chi connectivity index (χ0n) is 11.5. The lowest BCUT2D eigenvalue weighted by atomic mass is 9.92. The minimum atomic E-state index is 0.280. The van der Waals surface area contributed by atoms with Gasteiger partial charge in [0.15, 0.2) is 11.5 Å². The van der Waals surface area contributed by atoms with E-state index in [-0.39, 0.29) is 6.79 Å². The summed E-state index contributed by atoms with van der Waals surface area (Å²) in [6, 6.07) is 7.97. The number of fused-ring (bicyclic) bond motifs is 1. The monoisotopic (exact) mass is 302 g/mol. The van der Waals surface area contributed by atoms with Gasteiger partial charge in [-0.3, -0.25) is 9.88 Å². The molecule has 3 heterocycles. The summed E-state index contributed by atoms with van der Waals surface area (Å²) in [7, 11) is 0. The summed E-state index contributed by atoms with van der Waals surface area (Å²) in [6.07, 6.45) is 3.77. The summed E-state index contributed by atoms with van der Waals surface area (Å²) >= 11 is 6.31. The molecule has 2 aliphatic heterocycles. The van der Waals surface area contributed by atoms with E-state index in [2.05, 4.69) is 16.0 Å². The van der Waals surface area contributed by atoms with Gasteiger partial charge >= 0.3 is 0 Å². The molecule has 1 aromatic carbocycles. The average Bonchev–Trinajstić information content (AvgIpc) is 2.90. The Kier molecular flexibility index (Phi) is 3.20. The molecular formula is C16H15ClN2O2. The van der Waals surface area contributed by atoms with Crippen molar-refractivity contribution in [2.24, 2.45) is 0 Å². The molecule has 0 saturated carbocycles. The zero-order valence-corrected chi connectivity index (χ0v) is 12.2. The number of nitrogens with zero attached hydrogens (tertiary/aromatic N) is 2. The van der Waals surface area contributed by atoms with E-state index in [1.54, 1.807) is 0 Å². The van der Waals surface area contributed by atoms with Crippen molar-refractivity contribution in [3.63, 3.8) is 0 Å². The predicted octanol–water partition coefficient (Wildman–Crippen LogP) is 3.06. The average molecular weight is 303 g/mol. The Morgan fingerprint density at radius 3 is 2.81 bits per heavy atom. The minimum Gasteiger partial charge on any atom is -0.454 e. The number of benzene rings is 1. The summed E-state index contributed by atoms with van der Waals surface area (Å²) in [5.41, 5.74) is 2.40. The number of likely N-dealkylation sites (tertiary alicyclic amines) is 1. The first-order chi connectivity index (χ1) is 10.3. The van der Waals surface area contributed by atoms with Crippen LogP contribution in [0.2, 0.25) is 5.02 Å². The number of ether oxygens (including phenoxy) is 2. The second kappa shape index (κ2) is 5.20. The molecule has 0 N–H and O–H groups in total. The van der Waals surface area contributed by atoms with Crippen LogP contribution in [0, 0.1) is 0 Å². The van der Waals surface area contributed by atoms with Gasteiger partial charge in [0, 0.05) is 49.0 Å². The SMILES string of the molecule is Clc1cc2c(cc1CN1CC(c3cccnc3)C1)OCO2. The minimum absolute atomic E-state index is 0.280. The van der Waals surface area contributed by atoms with Crippen molar-refractivity contribution < 1.29 is 9.47 Å². The summed E-state index contributed by atoms with van der Waals surface area (Å²) in [4.78, 5) is 6.56. The third-order valence-electron chi connectivity index (χ3n) is 4.05. The van der Waals surface area contributed by atoms with Crippen molar-refractivity contribution in [3.8, 4) is 11.5 Å². The van der Waals surface area contributed by atoms with Gasteiger partial charge in [0.25, 0.3) is 0 Å². The summed E-state index contributed by atoms with van der Waals surface area (Å²) in [5.74, 6) is 2.10. The van der Waals surface area contributed by atoms with Crippen LogP contribution in [-0.4, -0.2) is 29.8 Å². The van der Waals surface area contributed by atoms with E-state index in [4.69, 9.17) is 21.1 Å². The van der Waals surface area contributed by atoms with Gasteiger partial charge in [-0.15, -0.1) is 0 Å². The Bertz CT molecular complexity index is 657. The smallest absolute Gasteiger partial charge is 0.231 e. The Morgan fingerprint density at radius 2 is 2.05 bits per heavy atom. The van der Waals surface area contributed by atoms with Crippen molar-refractivity contribution in [2.75, 3.05) is 19.9 Å². The normalized spacial score (nSPS) is 17.8. The molecule has 0 spiro atoms. The Labute approximate surface area is 128 Å². The summed E-state index contributed by atoms with van der Waals surface area (Å²) in [5, 5.41) is 0.740. The van der Waals surface area contributed by atoms with Gasteiger partial charge in [0.1, 0.15) is 0 Å². The number of halogens is 1. The Balaban J connectivity index is 1.42. The molecule has 1 saturated heterocycles. The highest BCUT2D eigenvalue weighted by Crippen LogP contribution is 2.38. The molecule has 108 valence electrons. The van der Waals surface area contributed by atoms with Crippen LogP contribution in [0.15, 0.2) is 36.7 Å². The molecule has 0 unspecified atom stereocenters. The van der Waals surface area contributed by atoms with Crippen molar-refractivity contribution in [3.05, 3.63) is 52.8 Å². The van der Waals surface area contributed by atoms with E-state index in [9.17, 15) is 0 Å². The number of hydrogen-bond donors (Lipinski definition) is 0. The molecule has 5 heteroatoms. The summed E-state index contributed by atoms with van der Waals surface area (Å²) < 4.78 is 10.7. The fourth-order valence-electron chi connectivity index (χ4n) is 2.85. The first kappa shape index (κ1) is 12.9. The molecule has 0 radical (unpaired) electrons. The lowest BCUT2D eigenvalue weighted by molar-refractivity contribution is 0.139. The van der Waals surface area contributed by atoms with Gasteiger partial charge in [0.05, 0.1) is 0 Å². The molecular weight excluding hydrogens is 288 g/mol. The van der Waals surface area contributed by atoms with Crippen LogP contribution in [0.3, 0.4) is 0 Å². The highest BCUT2D eigenvalue weighted by molar-refractivity contribution is 6.31. The van der Waals surface area contributed by atoms with Crippen molar-refractivity contribution in [1.82, 2.24) is 9.88 Å². The van der Waals surface area contributed by atoms with Crippen molar-refractivity contribution in [1.29, 1.82) is 0 Å². The second-order valence-corrected chi connectivity index (χ2v) is 5.88. The van der Waals surface area contributed by atoms with Crippen LogP contribution < -0.4 is 9.47 Å². The molecule has 21 heavy (non-hydrogen) atoms. The van der Waals surface area contributed by atoms with Crippen LogP contribution in [0.5, 0.6) is 11.5 Å². The van der Waals surface area contributed by atoms with Gasteiger partial charge in [-0.1, -0.05) is 17.7 Å². The molecule has 0 bridgehead atoms. The maximum Gasteiger partial charge on any atom is 0.231 e. The lowest BCUT2D eigenvalue weighted by Gasteiger charge is -2.39. The first-order valence-electron chi connectivity index (χ1n) is 7.00. The van der Waals surface area contributed by atoms with Crippen LogP contribution in [-0.2, 0) is 6.54 Å². The quantitative estimate of drug-likeness (QED) is 0.873. The first-order valence-corrected chi connectivity index (χ1v) is 7.38. The maximum atomic E-state index is 6.31. The fraction of sp³-hybridized carbons (Fsp3) is 0.312. The van der Waals surface area contributed by atoms with E-state index in [0.29, 0.717) is 5.92 Å². The van der Waals surface area contributed by atoms with Gasteiger partial charge in [-0.05, 0) is 23.3 Å². The Hall–Kier alpha value is -1.78. The molecule has 0 aliphatic carbocycles. The van der Waals surface area contributed by atoms with E-state index in [1.165, 1.54) is 5.56 Å². The van der Waals surface area contributed by atoms with Gasteiger partial charge < -0.3 is 9.47 Å². The molecule has 4 nitrogen and oxygen atoms in total.